The minimum atomic E-state index is -0.781. The van der Waals surface area contributed by atoms with E-state index in [4.69, 9.17) is 5.11 Å². The molecule has 2 atom stereocenters. The van der Waals surface area contributed by atoms with Crippen molar-refractivity contribution in [1.29, 1.82) is 0 Å². The van der Waals surface area contributed by atoms with Gasteiger partial charge in [0.1, 0.15) is 0 Å². The van der Waals surface area contributed by atoms with Gasteiger partial charge in [-0.1, -0.05) is 0 Å². The Morgan fingerprint density at radius 2 is 2.27 bits per heavy atom. The number of likely N-dealkylation sites (tertiary alicyclic amines) is 1. The second kappa shape index (κ2) is 2.87. The van der Waals surface area contributed by atoms with E-state index in [1.54, 1.807) is 0 Å². The zero-order chi connectivity index (χ0) is 7.14. The number of amides is 1. The summed E-state index contributed by atoms with van der Waals surface area (Å²) in [6, 6.07) is 0.455. The highest BCUT2D eigenvalue weighted by Gasteiger charge is 2.40. The van der Waals surface area contributed by atoms with Gasteiger partial charge in [0.25, 0.3) is 0 Å². The summed E-state index contributed by atoms with van der Waals surface area (Å²) < 4.78 is 0. The number of carbonyl (C=O) groups is 1. The van der Waals surface area contributed by atoms with Gasteiger partial charge in [0.05, 0.1) is 0 Å². The predicted molar refractivity (Wildman–Crippen MR) is 42.1 cm³/mol. The van der Waals surface area contributed by atoms with Crippen molar-refractivity contribution in [3.05, 3.63) is 0 Å². The molecule has 2 aliphatic heterocycles. The number of rotatable bonds is 0. The number of fused-ring (bicyclic) bond motifs is 1. The molecule has 1 amide bonds. The molecule has 2 heterocycles. The Bertz CT molecular complexity index is 164. The van der Waals surface area contributed by atoms with Crippen molar-refractivity contribution in [2.45, 2.75) is 6.04 Å². The highest BCUT2D eigenvalue weighted by atomic mass is 35.5. The molecule has 0 aromatic carbocycles. The molecule has 0 aliphatic carbocycles. The van der Waals surface area contributed by atoms with Crippen molar-refractivity contribution in [1.82, 2.24) is 10.2 Å². The van der Waals surface area contributed by atoms with Gasteiger partial charge in [0.2, 0.25) is 0 Å². The van der Waals surface area contributed by atoms with E-state index in [-0.39, 0.29) is 12.4 Å². The first kappa shape index (κ1) is 8.62. The maximum Gasteiger partial charge on any atom is 0.407 e. The first-order chi connectivity index (χ1) is 4.77. The van der Waals surface area contributed by atoms with Crippen LogP contribution in [0.1, 0.15) is 0 Å². The van der Waals surface area contributed by atoms with Crippen LogP contribution in [0.5, 0.6) is 0 Å². The summed E-state index contributed by atoms with van der Waals surface area (Å²) in [4.78, 5) is 11.9. The Labute approximate surface area is 71.0 Å². The average molecular weight is 179 g/mol. The van der Waals surface area contributed by atoms with Crippen LogP contribution in [0.15, 0.2) is 0 Å². The molecule has 0 aromatic rings. The number of nitrogens with one attached hydrogen (secondary N) is 1. The topological polar surface area (TPSA) is 52.6 Å². The summed E-state index contributed by atoms with van der Waals surface area (Å²) in [5.41, 5.74) is 0. The van der Waals surface area contributed by atoms with Crippen LogP contribution in [0.2, 0.25) is 0 Å². The molecular formula is C6H11ClN2O2. The largest absolute Gasteiger partial charge is 0.465 e. The SMILES string of the molecule is Cl.O=C(O)N1C[C@H]2CN[C@H]2C1. The molecule has 0 saturated carbocycles. The molecule has 2 saturated heterocycles. The summed E-state index contributed by atoms with van der Waals surface area (Å²) in [5.74, 6) is 0.594. The predicted octanol–water partition coefficient (Wildman–Crippen LogP) is -0.0102. The summed E-state index contributed by atoms with van der Waals surface area (Å²) in [6.45, 7) is 2.40. The molecule has 0 bridgehead atoms. The maximum absolute atomic E-state index is 10.4. The third-order valence-corrected chi connectivity index (χ3v) is 2.35. The van der Waals surface area contributed by atoms with Crippen molar-refractivity contribution in [3.8, 4) is 0 Å². The van der Waals surface area contributed by atoms with Crippen molar-refractivity contribution in [2.75, 3.05) is 19.6 Å². The van der Waals surface area contributed by atoms with Crippen molar-refractivity contribution in [3.63, 3.8) is 0 Å². The summed E-state index contributed by atoms with van der Waals surface area (Å²) in [5, 5.41) is 11.8. The van der Waals surface area contributed by atoms with Gasteiger partial charge in [0.15, 0.2) is 0 Å². The lowest BCUT2D eigenvalue weighted by atomic mass is 9.96. The summed E-state index contributed by atoms with van der Waals surface area (Å²) >= 11 is 0. The van der Waals surface area contributed by atoms with Gasteiger partial charge >= 0.3 is 6.09 Å². The maximum atomic E-state index is 10.4. The van der Waals surface area contributed by atoms with E-state index >= 15 is 0 Å². The molecular weight excluding hydrogens is 168 g/mol. The highest BCUT2D eigenvalue weighted by molar-refractivity contribution is 5.85. The zero-order valence-corrected chi connectivity index (χ0v) is 6.80. The molecule has 0 aromatic heterocycles. The fourth-order valence-electron chi connectivity index (χ4n) is 1.61. The van der Waals surface area contributed by atoms with E-state index in [2.05, 4.69) is 5.32 Å². The molecule has 64 valence electrons. The molecule has 5 heteroatoms. The second-order valence-electron chi connectivity index (χ2n) is 2.96. The van der Waals surface area contributed by atoms with Gasteiger partial charge in [-0.15, -0.1) is 12.4 Å². The van der Waals surface area contributed by atoms with Crippen molar-refractivity contribution >= 4 is 18.5 Å². The molecule has 0 unspecified atom stereocenters. The Hall–Kier alpha value is -0.480. The Morgan fingerprint density at radius 1 is 1.55 bits per heavy atom. The van der Waals surface area contributed by atoms with Crippen LogP contribution in [0.4, 0.5) is 4.79 Å². The molecule has 0 radical (unpaired) electrons. The van der Waals surface area contributed by atoms with E-state index < -0.39 is 6.09 Å². The van der Waals surface area contributed by atoms with Crippen LogP contribution in [0.3, 0.4) is 0 Å². The molecule has 2 N–H and O–H groups in total. The van der Waals surface area contributed by atoms with Gasteiger partial charge < -0.3 is 15.3 Å². The standard InChI is InChI=1S/C6H10N2O2.ClH/c9-6(10)8-2-4-1-7-5(4)3-8;/h4-5,7H,1-3H2,(H,9,10);1H/t4-,5+;/m1./s1. The van der Waals surface area contributed by atoms with Crippen LogP contribution < -0.4 is 5.32 Å². The van der Waals surface area contributed by atoms with Gasteiger partial charge in [-0.05, 0) is 0 Å². The van der Waals surface area contributed by atoms with E-state index in [1.807, 2.05) is 0 Å². The molecule has 11 heavy (non-hydrogen) atoms. The van der Waals surface area contributed by atoms with E-state index in [0.717, 1.165) is 13.1 Å². The molecule has 0 spiro atoms. The number of carboxylic acid groups (broad SMARTS) is 1. The summed E-state index contributed by atoms with van der Waals surface area (Å²) in [6.07, 6.45) is -0.781. The Balaban J connectivity index is 0.000000605. The lowest BCUT2D eigenvalue weighted by Gasteiger charge is -2.29. The van der Waals surface area contributed by atoms with E-state index in [0.29, 0.717) is 18.5 Å². The van der Waals surface area contributed by atoms with Crippen LogP contribution >= 0.6 is 12.4 Å². The second-order valence-corrected chi connectivity index (χ2v) is 2.96. The minimum Gasteiger partial charge on any atom is -0.465 e. The van der Waals surface area contributed by atoms with E-state index in [1.165, 1.54) is 4.90 Å². The minimum absolute atomic E-state index is 0. The Morgan fingerprint density at radius 3 is 2.55 bits per heavy atom. The first-order valence-electron chi connectivity index (χ1n) is 3.48. The van der Waals surface area contributed by atoms with Crippen LogP contribution in [0, 0.1) is 5.92 Å². The lowest BCUT2D eigenvalue weighted by Crippen LogP contribution is -2.51. The van der Waals surface area contributed by atoms with Crippen LogP contribution in [0.25, 0.3) is 0 Å². The fraction of sp³-hybridized carbons (Fsp3) is 0.833. The quantitative estimate of drug-likeness (QED) is 0.549. The molecule has 2 rings (SSSR count). The van der Waals surface area contributed by atoms with Crippen molar-refractivity contribution < 1.29 is 9.90 Å². The normalized spacial score (nSPS) is 33.6. The van der Waals surface area contributed by atoms with Gasteiger partial charge in [-0.2, -0.15) is 0 Å². The third-order valence-electron chi connectivity index (χ3n) is 2.35. The summed E-state index contributed by atoms with van der Waals surface area (Å²) in [7, 11) is 0. The number of hydrogen-bond donors (Lipinski definition) is 2. The van der Waals surface area contributed by atoms with Crippen LogP contribution in [-0.2, 0) is 0 Å². The van der Waals surface area contributed by atoms with Crippen LogP contribution in [-0.4, -0.2) is 41.8 Å². The highest BCUT2D eigenvalue weighted by Crippen LogP contribution is 2.22. The fourth-order valence-corrected chi connectivity index (χ4v) is 1.61. The van der Waals surface area contributed by atoms with Gasteiger partial charge in [-0.25, -0.2) is 4.79 Å². The van der Waals surface area contributed by atoms with E-state index in [9.17, 15) is 4.79 Å². The smallest absolute Gasteiger partial charge is 0.407 e. The lowest BCUT2D eigenvalue weighted by molar-refractivity contribution is 0.155. The number of hydrogen-bond acceptors (Lipinski definition) is 2. The van der Waals surface area contributed by atoms with Gasteiger partial charge in [-0.3, -0.25) is 0 Å². The zero-order valence-electron chi connectivity index (χ0n) is 5.99. The number of nitrogens with zero attached hydrogens (tertiary/aromatic N) is 1. The molecule has 4 nitrogen and oxygen atoms in total. The number of halogens is 1. The first-order valence-corrected chi connectivity index (χ1v) is 3.48. The molecule has 2 aliphatic rings. The molecule has 2 fully saturated rings. The van der Waals surface area contributed by atoms with Crippen molar-refractivity contribution in [2.24, 2.45) is 5.92 Å². The Kier molecular flexibility index (Phi) is 2.25. The van der Waals surface area contributed by atoms with Gasteiger partial charge in [0, 0.05) is 31.6 Å². The average Bonchev–Trinajstić information content (AvgIpc) is 2.09. The third kappa shape index (κ3) is 1.28. The monoisotopic (exact) mass is 178 g/mol.